The topological polar surface area (TPSA) is 32.8 Å². The molecule has 0 aliphatic carbocycles. The van der Waals surface area contributed by atoms with Gasteiger partial charge in [0.1, 0.15) is 11.6 Å². The average molecular weight is 382 g/mol. The lowest BCUT2D eigenvalue weighted by atomic mass is 10.2. The van der Waals surface area contributed by atoms with Gasteiger partial charge in [0, 0.05) is 31.9 Å². The minimum Gasteiger partial charge on any atom is -0.484 e. The largest absolute Gasteiger partial charge is 0.484 e. The Bertz CT molecular complexity index is 768. The van der Waals surface area contributed by atoms with Crippen LogP contribution in [0.1, 0.15) is 5.56 Å². The van der Waals surface area contributed by atoms with Crippen molar-refractivity contribution in [1.82, 2.24) is 4.90 Å². The molecule has 0 atom stereocenters. The second-order valence-electron chi connectivity index (χ2n) is 6.16. The highest BCUT2D eigenvalue weighted by Gasteiger charge is 2.30. The Morgan fingerprint density at radius 3 is 2.07 bits per heavy atom. The molecule has 1 saturated heterocycles. The van der Waals surface area contributed by atoms with Crippen molar-refractivity contribution in [3.05, 3.63) is 59.9 Å². The van der Waals surface area contributed by atoms with Crippen LogP contribution in [0.3, 0.4) is 0 Å². The number of carbonyl (C=O) groups excluding carboxylic acids is 1. The molecule has 2 aromatic rings. The fourth-order valence-electron chi connectivity index (χ4n) is 2.84. The molecule has 1 amide bonds. The van der Waals surface area contributed by atoms with Crippen LogP contribution in [0.5, 0.6) is 5.75 Å². The molecule has 1 aliphatic heterocycles. The second kappa shape index (κ2) is 7.85. The standard InChI is InChI=1S/C19H18F4N2O2/c20-15-3-5-16(6-4-15)24-9-11-25(12-10-24)18(26)13-27-17-7-1-14(2-8-17)19(21,22)23/h1-8H,9-13H2. The zero-order chi connectivity index (χ0) is 19.4. The van der Waals surface area contributed by atoms with Crippen molar-refractivity contribution in [3.8, 4) is 5.75 Å². The highest BCUT2D eigenvalue weighted by molar-refractivity contribution is 5.78. The summed E-state index contributed by atoms with van der Waals surface area (Å²) in [5.74, 6) is -0.317. The van der Waals surface area contributed by atoms with Gasteiger partial charge in [0.15, 0.2) is 6.61 Å². The summed E-state index contributed by atoms with van der Waals surface area (Å²) in [6.07, 6.45) is -4.40. The summed E-state index contributed by atoms with van der Waals surface area (Å²) in [6, 6.07) is 10.4. The summed E-state index contributed by atoms with van der Waals surface area (Å²) in [4.78, 5) is 15.9. The number of alkyl halides is 3. The predicted molar refractivity (Wildman–Crippen MR) is 92.1 cm³/mol. The van der Waals surface area contributed by atoms with E-state index in [-0.39, 0.29) is 24.1 Å². The SMILES string of the molecule is O=C(COc1ccc(C(F)(F)F)cc1)N1CCN(c2ccc(F)cc2)CC1. The number of hydrogen-bond acceptors (Lipinski definition) is 3. The first-order valence-electron chi connectivity index (χ1n) is 8.41. The van der Waals surface area contributed by atoms with Gasteiger partial charge in [-0.05, 0) is 48.5 Å². The maximum atomic E-state index is 13.0. The summed E-state index contributed by atoms with van der Waals surface area (Å²) >= 11 is 0. The summed E-state index contributed by atoms with van der Waals surface area (Å²) in [7, 11) is 0. The maximum Gasteiger partial charge on any atom is 0.416 e. The van der Waals surface area contributed by atoms with E-state index in [9.17, 15) is 22.4 Å². The molecule has 0 bridgehead atoms. The van der Waals surface area contributed by atoms with Crippen LogP contribution in [-0.4, -0.2) is 43.6 Å². The molecular weight excluding hydrogens is 364 g/mol. The van der Waals surface area contributed by atoms with E-state index in [1.54, 1.807) is 17.0 Å². The van der Waals surface area contributed by atoms with Crippen LogP contribution in [0.15, 0.2) is 48.5 Å². The quantitative estimate of drug-likeness (QED) is 0.758. The predicted octanol–water partition coefficient (Wildman–Crippen LogP) is 3.57. The van der Waals surface area contributed by atoms with E-state index < -0.39 is 11.7 Å². The number of nitrogens with zero attached hydrogens (tertiary/aromatic N) is 2. The first-order valence-corrected chi connectivity index (χ1v) is 8.41. The fraction of sp³-hybridized carbons (Fsp3) is 0.316. The van der Waals surface area contributed by atoms with E-state index >= 15 is 0 Å². The van der Waals surface area contributed by atoms with Crippen LogP contribution in [0.25, 0.3) is 0 Å². The number of halogens is 4. The van der Waals surface area contributed by atoms with Gasteiger partial charge in [-0.25, -0.2) is 4.39 Å². The van der Waals surface area contributed by atoms with Crippen LogP contribution < -0.4 is 9.64 Å². The number of rotatable bonds is 4. The summed E-state index contributed by atoms with van der Waals surface area (Å²) in [5, 5.41) is 0. The second-order valence-corrected chi connectivity index (χ2v) is 6.16. The van der Waals surface area contributed by atoms with Gasteiger partial charge in [0.25, 0.3) is 5.91 Å². The lowest BCUT2D eigenvalue weighted by Gasteiger charge is -2.36. The molecule has 27 heavy (non-hydrogen) atoms. The summed E-state index contributed by atoms with van der Waals surface area (Å²) < 4.78 is 55.9. The van der Waals surface area contributed by atoms with Crippen molar-refractivity contribution in [2.45, 2.75) is 6.18 Å². The Kier molecular flexibility index (Phi) is 5.53. The summed E-state index contributed by atoms with van der Waals surface area (Å²) in [6.45, 7) is 1.97. The molecule has 1 fully saturated rings. The Hall–Kier alpha value is -2.77. The van der Waals surface area contributed by atoms with Gasteiger partial charge >= 0.3 is 6.18 Å². The van der Waals surface area contributed by atoms with E-state index in [2.05, 4.69) is 4.90 Å². The molecule has 2 aromatic carbocycles. The lowest BCUT2D eigenvalue weighted by Crippen LogP contribution is -2.50. The third-order valence-corrected chi connectivity index (χ3v) is 4.37. The van der Waals surface area contributed by atoms with Gasteiger partial charge in [0.05, 0.1) is 5.56 Å². The average Bonchev–Trinajstić information content (AvgIpc) is 2.66. The van der Waals surface area contributed by atoms with Crippen LogP contribution in [0, 0.1) is 5.82 Å². The Morgan fingerprint density at radius 2 is 1.52 bits per heavy atom. The van der Waals surface area contributed by atoms with Gasteiger partial charge in [-0.2, -0.15) is 13.2 Å². The van der Waals surface area contributed by atoms with E-state index in [1.165, 1.54) is 24.3 Å². The molecule has 4 nitrogen and oxygen atoms in total. The normalized spacial score (nSPS) is 15.0. The van der Waals surface area contributed by atoms with E-state index in [4.69, 9.17) is 4.74 Å². The van der Waals surface area contributed by atoms with Gasteiger partial charge < -0.3 is 14.5 Å². The molecule has 0 saturated carbocycles. The van der Waals surface area contributed by atoms with Crippen LogP contribution in [0.2, 0.25) is 0 Å². The van der Waals surface area contributed by atoms with Crippen molar-refractivity contribution < 1.29 is 27.1 Å². The van der Waals surface area contributed by atoms with Gasteiger partial charge in [-0.15, -0.1) is 0 Å². The minimum absolute atomic E-state index is 0.210. The highest BCUT2D eigenvalue weighted by atomic mass is 19.4. The molecule has 8 heteroatoms. The highest BCUT2D eigenvalue weighted by Crippen LogP contribution is 2.30. The van der Waals surface area contributed by atoms with Crippen molar-refractivity contribution in [2.75, 3.05) is 37.7 Å². The molecule has 1 heterocycles. The molecule has 1 aliphatic rings. The van der Waals surface area contributed by atoms with Crippen LogP contribution >= 0.6 is 0 Å². The first-order chi connectivity index (χ1) is 12.8. The van der Waals surface area contributed by atoms with E-state index in [0.29, 0.717) is 26.2 Å². The third-order valence-electron chi connectivity index (χ3n) is 4.37. The van der Waals surface area contributed by atoms with Gasteiger partial charge in [0.2, 0.25) is 0 Å². The number of ether oxygens (including phenoxy) is 1. The fourth-order valence-corrected chi connectivity index (χ4v) is 2.84. The van der Waals surface area contributed by atoms with Crippen molar-refractivity contribution in [1.29, 1.82) is 0 Å². The van der Waals surface area contributed by atoms with Crippen molar-refractivity contribution in [2.24, 2.45) is 0 Å². The summed E-state index contributed by atoms with van der Waals surface area (Å²) in [5.41, 5.74) is 0.127. The molecule has 144 valence electrons. The van der Waals surface area contributed by atoms with Gasteiger partial charge in [-0.1, -0.05) is 0 Å². The zero-order valence-electron chi connectivity index (χ0n) is 14.4. The number of carbonyl (C=O) groups is 1. The number of benzene rings is 2. The molecule has 0 unspecified atom stereocenters. The number of piperazine rings is 1. The zero-order valence-corrected chi connectivity index (χ0v) is 14.4. The molecular formula is C19H18F4N2O2. The minimum atomic E-state index is -4.40. The molecule has 0 aromatic heterocycles. The maximum absolute atomic E-state index is 13.0. The van der Waals surface area contributed by atoms with Gasteiger partial charge in [-0.3, -0.25) is 4.79 Å². The monoisotopic (exact) mass is 382 g/mol. The number of hydrogen-bond donors (Lipinski definition) is 0. The third kappa shape index (κ3) is 4.90. The lowest BCUT2D eigenvalue weighted by molar-refractivity contribution is -0.137. The number of anilines is 1. The Labute approximate surface area is 153 Å². The molecule has 3 rings (SSSR count). The van der Waals surface area contributed by atoms with E-state index in [0.717, 1.165) is 17.8 Å². The number of amides is 1. The van der Waals surface area contributed by atoms with Crippen LogP contribution in [-0.2, 0) is 11.0 Å². The molecule has 0 N–H and O–H groups in total. The van der Waals surface area contributed by atoms with E-state index in [1.807, 2.05) is 0 Å². The Balaban J connectivity index is 1.47. The molecule has 0 radical (unpaired) electrons. The Morgan fingerprint density at radius 1 is 0.926 bits per heavy atom. The van der Waals surface area contributed by atoms with Crippen molar-refractivity contribution in [3.63, 3.8) is 0 Å². The molecule has 0 spiro atoms. The first kappa shape index (κ1) is 19.0. The van der Waals surface area contributed by atoms with Crippen molar-refractivity contribution >= 4 is 11.6 Å². The van der Waals surface area contributed by atoms with Crippen LogP contribution in [0.4, 0.5) is 23.2 Å². The smallest absolute Gasteiger partial charge is 0.416 e.